The monoisotopic (exact) mass is 262 g/mol. The number of nitrogens with one attached hydrogen (secondary N) is 1. The first kappa shape index (κ1) is 11.6. The summed E-state index contributed by atoms with van der Waals surface area (Å²) in [7, 11) is 0. The zero-order chi connectivity index (χ0) is 13.6. The SMILES string of the molecule is O=C1c2ccccc2C(=O)N1C1[13CH2][13CH2][13C](=O)N[13C]1=O. The van der Waals surface area contributed by atoms with Crippen LogP contribution in [0.2, 0.25) is 0 Å². The van der Waals surface area contributed by atoms with Gasteiger partial charge < -0.3 is 0 Å². The number of rotatable bonds is 1. The standard InChI is InChI=1S/C13H10N2O4/c16-10-6-5-9(11(17)14-10)15-12(18)7-3-1-2-4-8(7)13(15)19/h1-4,9H,5-6H2,(H,14,16,17)/i5+1,6+1,10+1,11+1. The van der Waals surface area contributed by atoms with Crippen LogP contribution < -0.4 is 5.32 Å². The number of carbonyl (C=O) groups is 4. The van der Waals surface area contributed by atoms with Crippen LogP contribution in [0.15, 0.2) is 24.3 Å². The Morgan fingerprint density at radius 1 is 1.00 bits per heavy atom. The molecule has 1 aromatic carbocycles. The number of benzene rings is 1. The van der Waals surface area contributed by atoms with E-state index in [1.807, 2.05) is 0 Å². The molecule has 0 aromatic heterocycles. The highest BCUT2D eigenvalue weighted by Crippen LogP contribution is 2.26. The molecule has 1 unspecified atom stereocenters. The van der Waals surface area contributed by atoms with Crippen LogP contribution in [0.25, 0.3) is 0 Å². The summed E-state index contributed by atoms with van der Waals surface area (Å²) < 4.78 is 0. The van der Waals surface area contributed by atoms with Gasteiger partial charge in [-0.3, -0.25) is 29.4 Å². The van der Waals surface area contributed by atoms with Crippen LogP contribution in [-0.4, -0.2) is 34.6 Å². The quantitative estimate of drug-likeness (QED) is 0.574. The van der Waals surface area contributed by atoms with Gasteiger partial charge in [0.1, 0.15) is 6.04 Å². The van der Waals surface area contributed by atoms with Crippen molar-refractivity contribution in [3.8, 4) is 0 Å². The third-order valence-corrected chi connectivity index (χ3v) is 3.35. The Bertz CT molecular complexity index is 588. The molecule has 0 saturated carbocycles. The normalized spacial score (nSPS) is 22.5. The van der Waals surface area contributed by atoms with E-state index in [1.165, 1.54) is 0 Å². The molecule has 1 atom stereocenters. The lowest BCUT2D eigenvalue weighted by molar-refractivity contribution is -0.136. The van der Waals surface area contributed by atoms with E-state index in [4.69, 9.17) is 0 Å². The van der Waals surface area contributed by atoms with Crippen LogP contribution in [0.1, 0.15) is 33.6 Å². The fraction of sp³-hybridized carbons (Fsp3) is 0.231. The summed E-state index contributed by atoms with van der Waals surface area (Å²) >= 11 is 0. The first-order valence-electron chi connectivity index (χ1n) is 5.90. The molecule has 1 saturated heterocycles. The molecule has 6 heteroatoms. The van der Waals surface area contributed by atoms with Crippen molar-refractivity contribution in [2.24, 2.45) is 0 Å². The highest BCUT2D eigenvalue weighted by atomic mass is 16.3. The molecule has 19 heavy (non-hydrogen) atoms. The Labute approximate surface area is 108 Å². The molecule has 0 aliphatic carbocycles. The summed E-state index contributed by atoms with van der Waals surface area (Å²) in [5.41, 5.74) is 0.606. The number of amides is 4. The van der Waals surface area contributed by atoms with Crippen molar-refractivity contribution in [1.82, 2.24) is 10.2 Å². The minimum Gasteiger partial charge on any atom is -0.295 e. The predicted molar refractivity (Wildman–Crippen MR) is 63.1 cm³/mol. The Hall–Kier alpha value is -2.50. The van der Waals surface area contributed by atoms with Gasteiger partial charge in [-0.1, -0.05) is 12.1 Å². The molecular weight excluding hydrogens is 252 g/mol. The summed E-state index contributed by atoms with van der Waals surface area (Å²) in [4.78, 5) is 48.1. The van der Waals surface area contributed by atoms with Gasteiger partial charge in [0.15, 0.2) is 0 Å². The predicted octanol–water partition coefficient (Wildman–Crippen LogP) is 0.0878. The molecule has 1 aromatic rings. The van der Waals surface area contributed by atoms with Gasteiger partial charge in [-0.25, -0.2) is 0 Å². The summed E-state index contributed by atoms with van der Waals surface area (Å²) in [5, 5.41) is 2.15. The minimum absolute atomic E-state index is 0.129. The van der Waals surface area contributed by atoms with Gasteiger partial charge in [-0.2, -0.15) is 0 Å². The second kappa shape index (κ2) is 4.01. The fourth-order valence-corrected chi connectivity index (χ4v) is 2.42. The van der Waals surface area contributed by atoms with Crippen LogP contribution >= 0.6 is 0 Å². The molecule has 3 rings (SSSR count). The number of hydrogen-bond donors (Lipinski definition) is 1. The number of hydrogen-bond acceptors (Lipinski definition) is 4. The van der Waals surface area contributed by atoms with E-state index in [0.717, 1.165) is 4.90 Å². The van der Waals surface area contributed by atoms with Gasteiger partial charge >= 0.3 is 0 Å². The van der Waals surface area contributed by atoms with Crippen LogP contribution in [-0.2, 0) is 9.59 Å². The van der Waals surface area contributed by atoms with Crippen molar-refractivity contribution in [1.29, 1.82) is 0 Å². The summed E-state index contributed by atoms with van der Waals surface area (Å²) in [6, 6.07) is 5.55. The van der Waals surface area contributed by atoms with Gasteiger partial charge in [-0.15, -0.1) is 0 Å². The van der Waals surface area contributed by atoms with E-state index in [0.29, 0.717) is 11.1 Å². The van der Waals surface area contributed by atoms with E-state index in [2.05, 4.69) is 5.32 Å². The maximum Gasteiger partial charge on any atom is 0.262 e. The van der Waals surface area contributed by atoms with Crippen molar-refractivity contribution in [3.63, 3.8) is 0 Å². The van der Waals surface area contributed by atoms with Gasteiger partial charge in [0.2, 0.25) is 11.8 Å². The van der Waals surface area contributed by atoms with E-state index in [9.17, 15) is 19.2 Å². The number of carbonyl (C=O) groups excluding carboxylic acids is 4. The third-order valence-electron chi connectivity index (χ3n) is 3.35. The first-order chi connectivity index (χ1) is 9.09. The summed E-state index contributed by atoms with van der Waals surface area (Å²) in [6.45, 7) is 0. The molecule has 0 bridgehead atoms. The molecule has 6 nitrogen and oxygen atoms in total. The fourth-order valence-electron chi connectivity index (χ4n) is 2.42. The van der Waals surface area contributed by atoms with E-state index in [-0.39, 0.29) is 18.7 Å². The smallest absolute Gasteiger partial charge is 0.262 e. The average Bonchev–Trinajstić information content (AvgIpc) is 2.64. The van der Waals surface area contributed by atoms with Crippen LogP contribution in [0.4, 0.5) is 0 Å². The lowest BCUT2D eigenvalue weighted by Gasteiger charge is -2.27. The highest BCUT2D eigenvalue weighted by Gasteiger charge is 2.44. The number of piperidine rings is 1. The molecule has 2 aliphatic heterocycles. The second-order valence-corrected chi connectivity index (χ2v) is 4.49. The zero-order valence-electron chi connectivity index (χ0n) is 9.88. The van der Waals surface area contributed by atoms with Crippen LogP contribution in [0, 0.1) is 0 Å². The van der Waals surface area contributed by atoms with Gasteiger partial charge in [-0.05, 0) is 18.6 Å². The number of imide groups is 2. The summed E-state index contributed by atoms with van der Waals surface area (Å²) in [6.07, 6.45) is 0.306. The topological polar surface area (TPSA) is 83.6 Å². The van der Waals surface area contributed by atoms with Crippen molar-refractivity contribution < 1.29 is 19.2 Å². The molecule has 0 spiro atoms. The maximum atomic E-state index is 12.2. The van der Waals surface area contributed by atoms with Gasteiger partial charge in [0, 0.05) is 6.42 Å². The van der Waals surface area contributed by atoms with Gasteiger partial charge in [0.05, 0.1) is 11.1 Å². The Morgan fingerprint density at radius 2 is 1.58 bits per heavy atom. The Kier molecular flexibility index (Phi) is 2.45. The van der Waals surface area contributed by atoms with Crippen LogP contribution in [0.3, 0.4) is 0 Å². The summed E-state index contributed by atoms with van der Waals surface area (Å²) in [5.74, 6) is -1.92. The molecule has 0 radical (unpaired) electrons. The molecular formula is C13H10N2O4. The molecule has 2 aliphatic rings. The van der Waals surface area contributed by atoms with Crippen molar-refractivity contribution in [2.45, 2.75) is 18.9 Å². The van der Waals surface area contributed by atoms with Crippen molar-refractivity contribution in [2.75, 3.05) is 0 Å². The Balaban J connectivity index is 1.96. The lowest BCUT2D eigenvalue weighted by atomic mass is 10.1. The molecule has 1 N–H and O–H groups in total. The van der Waals surface area contributed by atoms with Crippen molar-refractivity contribution in [3.05, 3.63) is 35.4 Å². The highest BCUT2D eigenvalue weighted by molar-refractivity contribution is 6.23. The number of nitrogens with zero attached hydrogens (tertiary/aromatic N) is 1. The van der Waals surface area contributed by atoms with Crippen molar-refractivity contribution >= 4 is 23.6 Å². The zero-order valence-corrected chi connectivity index (χ0v) is 9.88. The largest absolute Gasteiger partial charge is 0.295 e. The first-order valence-corrected chi connectivity index (χ1v) is 5.90. The van der Waals surface area contributed by atoms with Crippen LogP contribution in [0.5, 0.6) is 0 Å². The Morgan fingerprint density at radius 3 is 2.11 bits per heavy atom. The minimum atomic E-state index is -0.898. The lowest BCUT2D eigenvalue weighted by Crippen LogP contribution is -2.54. The number of fused-ring (bicyclic) bond motifs is 1. The second-order valence-electron chi connectivity index (χ2n) is 4.49. The van der Waals surface area contributed by atoms with E-state index < -0.39 is 23.8 Å². The van der Waals surface area contributed by atoms with Gasteiger partial charge in [0.25, 0.3) is 11.8 Å². The molecule has 2 heterocycles. The molecule has 4 amide bonds. The van der Waals surface area contributed by atoms with E-state index in [1.54, 1.807) is 24.3 Å². The average molecular weight is 262 g/mol. The maximum absolute atomic E-state index is 12.2. The molecule has 1 fully saturated rings. The third kappa shape index (κ3) is 1.64. The molecule has 96 valence electrons. The van der Waals surface area contributed by atoms with E-state index >= 15 is 0 Å².